The number of furan rings is 1. The Balaban J connectivity index is 2.45. The number of hydrogen-bond donors (Lipinski definition) is 0. The highest BCUT2D eigenvalue weighted by molar-refractivity contribution is 7.98. The number of nitrogens with zero attached hydrogens (tertiary/aromatic N) is 3. The smallest absolute Gasteiger partial charge is 0.399 e. The Hall–Kier alpha value is -1.76. The van der Waals surface area contributed by atoms with Gasteiger partial charge in [-0.25, -0.2) is 0 Å². The summed E-state index contributed by atoms with van der Waals surface area (Å²) in [6, 6.07) is 2.88. The number of nitro groups is 1. The molecule has 0 N–H and O–H groups in total. The molecule has 0 atom stereocenters. The second-order valence-electron chi connectivity index (χ2n) is 3.11. The molecule has 0 saturated heterocycles. The molecule has 0 aliphatic rings. The van der Waals surface area contributed by atoms with E-state index in [1.807, 2.05) is 12.5 Å². The topological polar surface area (TPSA) is 74.1 Å². The second-order valence-corrected chi connectivity index (χ2v) is 3.96. The molecule has 2 aromatic rings. The van der Waals surface area contributed by atoms with Crippen LogP contribution in [-0.4, -0.2) is 21.0 Å². The van der Waals surface area contributed by atoms with Crippen LogP contribution in [0.15, 0.2) is 27.6 Å². The van der Waals surface area contributed by atoms with E-state index < -0.39 is 4.92 Å². The zero-order valence-electron chi connectivity index (χ0n) is 8.71. The Morgan fingerprint density at radius 2 is 2.31 bits per heavy atom. The predicted octanol–water partition coefficient (Wildman–Crippen LogP) is 2.31. The number of thioether (sulfide) groups is 1. The molecule has 2 aromatic heterocycles. The number of rotatable bonds is 3. The van der Waals surface area contributed by atoms with E-state index in [2.05, 4.69) is 5.10 Å². The third-order valence-electron chi connectivity index (χ3n) is 2.02. The van der Waals surface area contributed by atoms with E-state index in [-0.39, 0.29) is 5.88 Å². The number of hydrogen-bond acceptors (Lipinski definition) is 5. The highest BCUT2D eigenvalue weighted by atomic mass is 32.2. The van der Waals surface area contributed by atoms with Crippen LogP contribution in [0.25, 0.3) is 11.5 Å². The normalized spacial score (nSPS) is 10.6. The van der Waals surface area contributed by atoms with Crippen molar-refractivity contribution >= 4 is 17.6 Å². The number of aromatic nitrogens is 2. The third-order valence-corrected chi connectivity index (χ3v) is 2.76. The summed E-state index contributed by atoms with van der Waals surface area (Å²) in [6.45, 7) is 0. The van der Waals surface area contributed by atoms with E-state index in [0.29, 0.717) is 11.5 Å². The summed E-state index contributed by atoms with van der Waals surface area (Å²) in [6.07, 6.45) is 3.76. The highest BCUT2D eigenvalue weighted by Crippen LogP contribution is 2.31. The summed E-state index contributed by atoms with van der Waals surface area (Å²) in [4.78, 5) is 10.8. The van der Waals surface area contributed by atoms with Crippen molar-refractivity contribution in [3.63, 3.8) is 0 Å². The first kappa shape index (κ1) is 10.7. The fraction of sp³-hybridized carbons (Fsp3) is 0.222. The van der Waals surface area contributed by atoms with Gasteiger partial charge in [0, 0.05) is 13.2 Å². The van der Waals surface area contributed by atoms with Crippen LogP contribution in [0.5, 0.6) is 0 Å². The molecule has 16 heavy (non-hydrogen) atoms. The van der Waals surface area contributed by atoms with Gasteiger partial charge in [-0.15, -0.1) is 11.8 Å². The molecule has 84 valence electrons. The first-order valence-electron chi connectivity index (χ1n) is 4.44. The average Bonchev–Trinajstić information content (AvgIpc) is 2.82. The molecule has 0 bridgehead atoms. The maximum atomic E-state index is 10.5. The van der Waals surface area contributed by atoms with Crippen molar-refractivity contribution < 1.29 is 9.34 Å². The molecule has 0 amide bonds. The molecular weight excluding hydrogens is 230 g/mol. The van der Waals surface area contributed by atoms with E-state index in [9.17, 15) is 10.1 Å². The molecular formula is C9H9N3O3S. The minimum absolute atomic E-state index is 0.271. The minimum atomic E-state index is -0.564. The lowest BCUT2D eigenvalue weighted by Crippen LogP contribution is -1.87. The minimum Gasteiger partial charge on any atom is -0.399 e. The SMILES string of the molecule is CSc1cn(C)nc1-c1ccc([N+](=O)[O-])o1. The first-order chi connectivity index (χ1) is 7.61. The fourth-order valence-electron chi connectivity index (χ4n) is 1.34. The van der Waals surface area contributed by atoms with Gasteiger partial charge in [0.2, 0.25) is 0 Å². The second kappa shape index (κ2) is 4.01. The highest BCUT2D eigenvalue weighted by Gasteiger charge is 2.17. The molecule has 0 aliphatic carbocycles. The van der Waals surface area contributed by atoms with Crippen LogP contribution in [0.2, 0.25) is 0 Å². The molecule has 0 spiro atoms. The Morgan fingerprint density at radius 3 is 2.88 bits per heavy atom. The van der Waals surface area contributed by atoms with Crippen molar-refractivity contribution in [1.29, 1.82) is 0 Å². The van der Waals surface area contributed by atoms with Crippen LogP contribution in [-0.2, 0) is 7.05 Å². The van der Waals surface area contributed by atoms with Crippen molar-refractivity contribution in [3.8, 4) is 11.5 Å². The average molecular weight is 239 g/mol. The van der Waals surface area contributed by atoms with Gasteiger partial charge < -0.3 is 4.42 Å². The quantitative estimate of drug-likeness (QED) is 0.466. The first-order valence-corrected chi connectivity index (χ1v) is 5.66. The predicted molar refractivity (Wildman–Crippen MR) is 59.3 cm³/mol. The van der Waals surface area contributed by atoms with Crippen molar-refractivity contribution in [2.75, 3.05) is 6.26 Å². The van der Waals surface area contributed by atoms with Crippen molar-refractivity contribution in [2.45, 2.75) is 4.90 Å². The van der Waals surface area contributed by atoms with Gasteiger partial charge in [0.15, 0.2) is 5.76 Å². The molecule has 6 nitrogen and oxygen atoms in total. The van der Waals surface area contributed by atoms with Gasteiger partial charge in [-0.2, -0.15) is 5.10 Å². The zero-order valence-corrected chi connectivity index (χ0v) is 9.52. The van der Waals surface area contributed by atoms with Gasteiger partial charge in [0.25, 0.3) is 0 Å². The maximum absolute atomic E-state index is 10.5. The molecule has 0 saturated carbocycles. The lowest BCUT2D eigenvalue weighted by Gasteiger charge is -1.92. The number of aryl methyl sites for hydroxylation is 1. The van der Waals surface area contributed by atoms with Crippen molar-refractivity contribution in [3.05, 3.63) is 28.4 Å². The standard InChI is InChI=1S/C9H9N3O3S/c1-11-5-7(16-2)9(10-11)6-3-4-8(15-6)12(13)14/h3-5H,1-2H3. The Bertz CT molecular complexity index is 532. The van der Waals surface area contributed by atoms with Gasteiger partial charge in [-0.05, 0) is 12.3 Å². The van der Waals surface area contributed by atoms with Gasteiger partial charge >= 0.3 is 5.88 Å². The van der Waals surface area contributed by atoms with Crippen LogP contribution in [0, 0.1) is 10.1 Å². The summed E-state index contributed by atoms with van der Waals surface area (Å²) in [5.74, 6) is 0.143. The van der Waals surface area contributed by atoms with Crippen LogP contribution < -0.4 is 0 Å². The molecule has 0 aliphatic heterocycles. The van der Waals surface area contributed by atoms with E-state index in [1.54, 1.807) is 17.8 Å². The van der Waals surface area contributed by atoms with Crippen LogP contribution in [0.1, 0.15) is 0 Å². The largest absolute Gasteiger partial charge is 0.433 e. The lowest BCUT2D eigenvalue weighted by molar-refractivity contribution is -0.401. The van der Waals surface area contributed by atoms with E-state index in [4.69, 9.17) is 4.42 Å². The lowest BCUT2D eigenvalue weighted by atomic mass is 10.3. The van der Waals surface area contributed by atoms with Gasteiger partial charge in [-0.1, -0.05) is 0 Å². The molecule has 0 aromatic carbocycles. The molecule has 2 rings (SSSR count). The van der Waals surface area contributed by atoms with Gasteiger partial charge in [0.1, 0.15) is 10.6 Å². The Labute approximate surface area is 95.4 Å². The Kier molecular flexibility index (Phi) is 2.69. The van der Waals surface area contributed by atoms with Crippen LogP contribution >= 0.6 is 11.8 Å². The molecule has 0 radical (unpaired) electrons. The molecule has 7 heteroatoms. The van der Waals surface area contributed by atoms with E-state index in [0.717, 1.165) is 4.90 Å². The monoisotopic (exact) mass is 239 g/mol. The van der Waals surface area contributed by atoms with Crippen LogP contribution in [0.4, 0.5) is 5.88 Å². The fourth-order valence-corrected chi connectivity index (χ4v) is 1.93. The summed E-state index contributed by atoms with van der Waals surface area (Å²) < 4.78 is 6.75. The Morgan fingerprint density at radius 1 is 1.56 bits per heavy atom. The third kappa shape index (κ3) is 1.81. The maximum Gasteiger partial charge on any atom is 0.433 e. The van der Waals surface area contributed by atoms with Crippen LogP contribution in [0.3, 0.4) is 0 Å². The molecule has 0 unspecified atom stereocenters. The van der Waals surface area contributed by atoms with Gasteiger partial charge in [-0.3, -0.25) is 14.8 Å². The summed E-state index contributed by atoms with van der Waals surface area (Å²) in [5.41, 5.74) is 0.628. The van der Waals surface area contributed by atoms with Crippen molar-refractivity contribution in [2.24, 2.45) is 7.05 Å². The van der Waals surface area contributed by atoms with Crippen molar-refractivity contribution in [1.82, 2.24) is 9.78 Å². The van der Waals surface area contributed by atoms with Gasteiger partial charge in [0.05, 0.1) is 11.0 Å². The van der Waals surface area contributed by atoms with E-state index in [1.165, 1.54) is 17.8 Å². The molecule has 0 fully saturated rings. The van der Waals surface area contributed by atoms with E-state index >= 15 is 0 Å². The summed E-state index contributed by atoms with van der Waals surface area (Å²) >= 11 is 1.52. The summed E-state index contributed by atoms with van der Waals surface area (Å²) in [5, 5.41) is 14.7. The molecule has 2 heterocycles. The summed E-state index contributed by atoms with van der Waals surface area (Å²) in [7, 11) is 1.79. The zero-order chi connectivity index (χ0) is 11.7.